The largest absolute Gasteiger partial charge is 0.356 e. The molecule has 0 radical (unpaired) electrons. The van der Waals surface area contributed by atoms with E-state index < -0.39 is 0 Å². The molecule has 0 unspecified atom stereocenters. The third-order valence-electron chi connectivity index (χ3n) is 6.10. The van der Waals surface area contributed by atoms with E-state index >= 15 is 0 Å². The van der Waals surface area contributed by atoms with Gasteiger partial charge in [0.2, 0.25) is 5.91 Å². The van der Waals surface area contributed by atoms with E-state index in [0.29, 0.717) is 35.8 Å². The highest BCUT2D eigenvalue weighted by molar-refractivity contribution is 5.77. The molecule has 2 atom stereocenters. The number of aromatic nitrogens is 2. The number of para-hydroxylation sites is 1. The van der Waals surface area contributed by atoms with Crippen molar-refractivity contribution in [1.82, 2.24) is 19.8 Å². The summed E-state index contributed by atoms with van der Waals surface area (Å²) in [7, 11) is 0. The second kappa shape index (κ2) is 8.21. The van der Waals surface area contributed by atoms with Crippen LogP contribution in [0.1, 0.15) is 38.5 Å². The average molecular weight is 368 g/mol. The van der Waals surface area contributed by atoms with Gasteiger partial charge in [0.1, 0.15) is 0 Å². The Balaban J connectivity index is 1.31. The molecule has 0 saturated carbocycles. The van der Waals surface area contributed by atoms with Crippen LogP contribution in [0, 0.1) is 5.92 Å². The van der Waals surface area contributed by atoms with Gasteiger partial charge in [-0.2, -0.15) is 0 Å². The lowest BCUT2D eigenvalue weighted by atomic mass is 9.83. The molecular weight excluding hydrogens is 340 g/mol. The minimum atomic E-state index is -0.0847. The van der Waals surface area contributed by atoms with Crippen molar-refractivity contribution in [3.8, 4) is 0 Å². The number of benzene rings is 1. The van der Waals surface area contributed by atoms with E-state index in [9.17, 15) is 9.59 Å². The third kappa shape index (κ3) is 4.05. The molecule has 144 valence electrons. The number of hydrogen-bond donors (Lipinski definition) is 1. The summed E-state index contributed by atoms with van der Waals surface area (Å²) in [6, 6.07) is 7.94. The Hall–Kier alpha value is -2.21. The number of aryl methyl sites for hydroxylation is 1. The Morgan fingerprint density at radius 3 is 2.93 bits per heavy atom. The molecule has 2 aliphatic rings. The molecule has 0 bridgehead atoms. The maximum atomic E-state index is 12.5. The van der Waals surface area contributed by atoms with Crippen molar-refractivity contribution >= 4 is 16.8 Å². The number of rotatable bonds is 5. The van der Waals surface area contributed by atoms with E-state index in [1.54, 1.807) is 12.4 Å². The highest BCUT2D eigenvalue weighted by atomic mass is 16.1. The van der Waals surface area contributed by atoms with Gasteiger partial charge in [-0.05, 0) is 56.8 Å². The number of carbonyl (C=O) groups is 1. The Morgan fingerprint density at radius 1 is 1.15 bits per heavy atom. The van der Waals surface area contributed by atoms with Gasteiger partial charge in [-0.15, -0.1) is 0 Å². The number of fused-ring (bicyclic) bond motifs is 2. The lowest BCUT2D eigenvalue weighted by Gasteiger charge is -2.44. The van der Waals surface area contributed by atoms with E-state index in [2.05, 4.69) is 15.2 Å². The van der Waals surface area contributed by atoms with E-state index in [4.69, 9.17) is 0 Å². The van der Waals surface area contributed by atoms with Gasteiger partial charge in [0.25, 0.3) is 5.56 Å². The maximum Gasteiger partial charge on any atom is 0.261 e. The number of amides is 1. The molecule has 6 nitrogen and oxygen atoms in total. The summed E-state index contributed by atoms with van der Waals surface area (Å²) >= 11 is 0. The van der Waals surface area contributed by atoms with Gasteiger partial charge in [-0.1, -0.05) is 18.6 Å². The van der Waals surface area contributed by atoms with Crippen LogP contribution in [-0.2, 0) is 11.3 Å². The quantitative estimate of drug-likeness (QED) is 0.878. The SMILES string of the molecule is O=C(CCn1cnc2ccccc2c1=O)NC[C@H]1CCCN2CCCC[C@H]12. The monoisotopic (exact) mass is 368 g/mol. The van der Waals surface area contributed by atoms with Gasteiger partial charge in [-0.3, -0.25) is 14.2 Å². The fraction of sp³-hybridized carbons (Fsp3) is 0.571. The molecule has 4 rings (SSSR count). The summed E-state index contributed by atoms with van der Waals surface area (Å²) in [6.07, 6.45) is 8.16. The predicted octanol–water partition coefficient (Wildman–Crippen LogP) is 2.17. The molecule has 1 N–H and O–H groups in total. The van der Waals surface area contributed by atoms with Crippen molar-refractivity contribution in [2.24, 2.45) is 5.92 Å². The maximum absolute atomic E-state index is 12.5. The summed E-state index contributed by atoms with van der Waals surface area (Å²) in [5.74, 6) is 0.580. The van der Waals surface area contributed by atoms with Crippen LogP contribution in [0.25, 0.3) is 10.9 Å². The highest BCUT2D eigenvalue weighted by Gasteiger charge is 2.32. The summed E-state index contributed by atoms with van der Waals surface area (Å²) in [4.78, 5) is 31.7. The van der Waals surface area contributed by atoms with E-state index in [0.717, 1.165) is 6.54 Å². The fourth-order valence-corrected chi connectivity index (χ4v) is 4.64. The molecule has 0 spiro atoms. The van der Waals surface area contributed by atoms with Crippen molar-refractivity contribution in [1.29, 1.82) is 0 Å². The first-order chi connectivity index (χ1) is 13.2. The minimum absolute atomic E-state index is 0.0167. The van der Waals surface area contributed by atoms with Gasteiger partial charge < -0.3 is 10.2 Å². The van der Waals surface area contributed by atoms with Crippen LogP contribution in [0.2, 0.25) is 0 Å². The number of nitrogens with zero attached hydrogens (tertiary/aromatic N) is 3. The van der Waals surface area contributed by atoms with Crippen LogP contribution in [0.5, 0.6) is 0 Å². The zero-order valence-corrected chi connectivity index (χ0v) is 15.8. The van der Waals surface area contributed by atoms with Crippen LogP contribution >= 0.6 is 0 Å². The van der Waals surface area contributed by atoms with Crippen molar-refractivity contribution in [2.45, 2.75) is 51.1 Å². The molecule has 1 aromatic carbocycles. The molecule has 1 aromatic heterocycles. The van der Waals surface area contributed by atoms with Crippen LogP contribution in [-0.4, -0.2) is 46.0 Å². The normalized spacial score (nSPS) is 23.1. The topological polar surface area (TPSA) is 67.2 Å². The standard InChI is InChI=1S/C21H28N4O2/c26-20(22-14-16-6-5-12-24-11-4-3-9-19(16)24)10-13-25-15-23-18-8-2-1-7-17(18)21(25)27/h1-2,7-8,15-16,19H,3-6,9-14H2,(H,22,26)/t16-,19-/m1/s1. The molecule has 27 heavy (non-hydrogen) atoms. The van der Waals surface area contributed by atoms with Gasteiger partial charge in [-0.25, -0.2) is 4.98 Å². The van der Waals surface area contributed by atoms with Crippen molar-refractivity contribution in [3.05, 3.63) is 40.9 Å². The van der Waals surface area contributed by atoms with E-state index in [1.165, 1.54) is 49.8 Å². The Bertz CT molecular complexity index is 861. The lowest BCUT2D eigenvalue weighted by Crippen LogP contribution is -2.51. The molecule has 0 aliphatic carbocycles. The zero-order chi connectivity index (χ0) is 18.6. The predicted molar refractivity (Wildman–Crippen MR) is 106 cm³/mol. The molecule has 3 heterocycles. The second-order valence-corrected chi connectivity index (χ2v) is 7.82. The first kappa shape index (κ1) is 18.2. The van der Waals surface area contributed by atoms with Gasteiger partial charge in [0, 0.05) is 25.6 Å². The summed E-state index contributed by atoms with van der Waals surface area (Å²) in [5, 5.41) is 3.71. The fourth-order valence-electron chi connectivity index (χ4n) is 4.64. The molecule has 2 aliphatic heterocycles. The molecule has 2 aromatic rings. The van der Waals surface area contributed by atoms with Crippen molar-refractivity contribution < 1.29 is 4.79 Å². The number of hydrogen-bond acceptors (Lipinski definition) is 4. The Morgan fingerprint density at radius 2 is 2.00 bits per heavy atom. The van der Waals surface area contributed by atoms with E-state index in [-0.39, 0.29) is 11.5 Å². The number of piperidine rings is 2. The molecular formula is C21H28N4O2. The van der Waals surface area contributed by atoms with Gasteiger partial charge in [0.15, 0.2) is 0 Å². The molecule has 1 amide bonds. The van der Waals surface area contributed by atoms with Crippen LogP contribution in [0.15, 0.2) is 35.4 Å². The molecule has 6 heteroatoms. The third-order valence-corrected chi connectivity index (χ3v) is 6.10. The van der Waals surface area contributed by atoms with E-state index in [1.807, 2.05) is 18.2 Å². The number of nitrogens with one attached hydrogen (secondary N) is 1. The first-order valence-corrected chi connectivity index (χ1v) is 10.2. The summed E-state index contributed by atoms with van der Waals surface area (Å²) < 4.78 is 1.53. The number of carbonyl (C=O) groups excluding carboxylic acids is 1. The van der Waals surface area contributed by atoms with Crippen LogP contribution in [0.4, 0.5) is 0 Å². The first-order valence-electron chi connectivity index (χ1n) is 10.2. The van der Waals surface area contributed by atoms with Crippen molar-refractivity contribution in [3.63, 3.8) is 0 Å². The van der Waals surface area contributed by atoms with Crippen molar-refractivity contribution in [2.75, 3.05) is 19.6 Å². The second-order valence-electron chi connectivity index (χ2n) is 7.82. The average Bonchev–Trinajstić information content (AvgIpc) is 2.72. The zero-order valence-electron chi connectivity index (χ0n) is 15.8. The van der Waals surface area contributed by atoms with Gasteiger partial charge >= 0.3 is 0 Å². The Labute approximate surface area is 159 Å². The van der Waals surface area contributed by atoms with Crippen LogP contribution in [0.3, 0.4) is 0 Å². The van der Waals surface area contributed by atoms with Crippen LogP contribution < -0.4 is 10.9 Å². The lowest BCUT2D eigenvalue weighted by molar-refractivity contribution is -0.121. The molecule has 2 fully saturated rings. The minimum Gasteiger partial charge on any atom is -0.356 e. The summed E-state index contributed by atoms with van der Waals surface area (Å²) in [5.41, 5.74) is 0.607. The molecule has 2 saturated heterocycles. The highest BCUT2D eigenvalue weighted by Crippen LogP contribution is 2.30. The Kier molecular flexibility index (Phi) is 5.53. The smallest absolute Gasteiger partial charge is 0.261 e. The van der Waals surface area contributed by atoms with Gasteiger partial charge in [0.05, 0.1) is 17.2 Å². The summed E-state index contributed by atoms with van der Waals surface area (Å²) in [6.45, 7) is 3.55.